The third kappa shape index (κ3) is 5.04. The van der Waals surface area contributed by atoms with Crippen molar-refractivity contribution >= 4 is 23.9 Å². The van der Waals surface area contributed by atoms with Gasteiger partial charge in [0.1, 0.15) is 12.4 Å². The summed E-state index contributed by atoms with van der Waals surface area (Å²) in [5.74, 6) is 0.0648. The monoisotopic (exact) mass is 333 g/mol. The Balaban J connectivity index is 3.16. The van der Waals surface area contributed by atoms with Crippen LogP contribution in [0.5, 0.6) is 0 Å². The van der Waals surface area contributed by atoms with Gasteiger partial charge in [0.2, 0.25) is 0 Å². The summed E-state index contributed by atoms with van der Waals surface area (Å²) in [4.78, 5) is 4.97. The van der Waals surface area contributed by atoms with Crippen LogP contribution in [0.25, 0.3) is 0 Å². The van der Waals surface area contributed by atoms with E-state index in [1.54, 1.807) is 19.1 Å². The van der Waals surface area contributed by atoms with Crippen LogP contribution in [0.15, 0.2) is 29.4 Å². The SMILES string of the molecule is CCON=C(OP(=O)(SCC)C(C)C)c1ccccc1F. The summed E-state index contributed by atoms with van der Waals surface area (Å²) in [5, 5.41) is 3.79. The Bertz CT molecular complexity index is 537. The van der Waals surface area contributed by atoms with E-state index >= 15 is 0 Å². The fourth-order valence-corrected chi connectivity index (χ4v) is 5.09. The maximum atomic E-state index is 13.9. The highest BCUT2D eigenvalue weighted by Crippen LogP contribution is 2.63. The maximum Gasteiger partial charge on any atom is 0.307 e. The molecular formula is C14H21FNO3PS. The predicted molar refractivity (Wildman–Crippen MR) is 86.5 cm³/mol. The van der Waals surface area contributed by atoms with Crippen molar-refractivity contribution in [3.63, 3.8) is 0 Å². The smallest absolute Gasteiger partial charge is 0.307 e. The molecule has 0 N–H and O–H groups in total. The number of halogens is 1. The highest BCUT2D eigenvalue weighted by molar-refractivity contribution is 8.56. The van der Waals surface area contributed by atoms with E-state index in [1.165, 1.54) is 23.5 Å². The largest absolute Gasteiger partial charge is 0.414 e. The Labute approximate surface area is 129 Å². The molecule has 0 saturated carbocycles. The second-order valence-electron chi connectivity index (χ2n) is 4.44. The molecule has 0 bridgehead atoms. The van der Waals surface area contributed by atoms with E-state index in [-0.39, 0.29) is 17.1 Å². The molecule has 0 spiro atoms. The van der Waals surface area contributed by atoms with E-state index in [4.69, 9.17) is 9.36 Å². The number of nitrogens with zero attached hydrogens (tertiary/aromatic N) is 1. The highest BCUT2D eigenvalue weighted by Gasteiger charge is 2.32. The average Bonchev–Trinajstić information content (AvgIpc) is 2.44. The first-order valence-electron chi connectivity index (χ1n) is 6.83. The normalized spacial score (nSPS) is 14.9. The van der Waals surface area contributed by atoms with Crippen molar-refractivity contribution in [2.24, 2.45) is 5.16 Å². The van der Waals surface area contributed by atoms with Gasteiger partial charge in [-0.15, -0.1) is 0 Å². The van der Waals surface area contributed by atoms with Crippen molar-refractivity contribution in [3.05, 3.63) is 35.6 Å². The minimum absolute atomic E-state index is 0.0760. The van der Waals surface area contributed by atoms with E-state index in [1.807, 2.05) is 20.8 Å². The number of benzene rings is 1. The lowest BCUT2D eigenvalue weighted by Gasteiger charge is -2.22. The lowest BCUT2D eigenvalue weighted by Crippen LogP contribution is -2.11. The van der Waals surface area contributed by atoms with Crippen LogP contribution in [-0.4, -0.2) is 23.9 Å². The maximum absolute atomic E-state index is 13.9. The Morgan fingerprint density at radius 1 is 1.38 bits per heavy atom. The zero-order valence-electron chi connectivity index (χ0n) is 12.7. The molecule has 1 unspecified atom stereocenters. The molecule has 0 fully saturated rings. The van der Waals surface area contributed by atoms with Crippen molar-refractivity contribution in [2.75, 3.05) is 12.4 Å². The van der Waals surface area contributed by atoms with Crippen molar-refractivity contribution < 1.29 is 18.3 Å². The van der Waals surface area contributed by atoms with Gasteiger partial charge in [0, 0.05) is 5.75 Å². The van der Waals surface area contributed by atoms with Crippen molar-refractivity contribution in [1.29, 1.82) is 0 Å². The molecule has 0 aliphatic heterocycles. The molecule has 1 aromatic rings. The van der Waals surface area contributed by atoms with Crippen LogP contribution in [-0.2, 0) is 13.9 Å². The summed E-state index contributed by atoms with van der Waals surface area (Å²) >= 11 is 1.22. The molecule has 4 nitrogen and oxygen atoms in total. The summed E-state index contributed by atoms with van der Waals surface area (Å²) in [6.45, 7) is 4.55. The van der Waals surface area contributed by atoms with Gasteiger partial charge in [0.15, 0.2) is 0 Å². The third-order valence-electron chi connectivity index (χ3n) is 2.54. The molecule has 0 radical (unpaired) electrons. The summed E-state index contributed by atoms with van der Waals surface area (Å²) < 4.78 is 32.4. The molecular weight excluding hydrogens is 312 g/mol. The van der Waals surface area contributed by atoms with Crippen LogP contribution < -0.4 is 0 Å². The standard InChI is InChI=1S/C14H21FNO3PS/c1-5-18-16-14(12-9-7-8-10-13(12)15)19-20(17,11(3)4)21-6-2/h7-11H,5-6H2,1-4H3. The summed E-state index contributed by atoms with van der Waals surface area (Å²) in [6, 6.07) is 6.05. The molecule has 1 aromatic carbocycles. The number of oxime groups is 1. The van der Waals surface area contributed by atoms with Gasteiger partial charge >= 0.3 is 6.57 Å². The van der Waals surface area contributed by atoms with Gasteiger partial charge in [-0.05, 0) is 24.2 Å². The van der Waals surface area contributed by atoms with Gasteiger partial charge in [-0.25, -0.2) is 4.39 Å². The lowest BCUT2D eigenvalue weighted by molar-refractivity contribution is 0.153. The van der Waals surface area contributed by atoms with Gasteiger partial charge in [0.05, 0.1) is 11.2 Å². The summed E-state index contributed by atoms with van der Waals surface area (Å²) in [6.07, 6.45) is 0. The summed E-state index contributed by atoms with van der Waals surface area (Å²) in [7, 11) is 0. The van der Waals surface area contributed by atoms with Crippen LogP contribution >= 0.6 is 18.0 Å². The molecule has 0 heterocycles. The van der Waals surface area contributed by atoms with Crippen LogP contribution in [0, 0.1) is 5.82 Å². The van der Waals surface area contributed by atoms with Crippen molar-refractivity contribution in [2.45, 2.75) is 33.4 Å². The van der Waals surface area contributed by atoms with Crippen molar-refractivity contribution in [1.82, 2.24) is 0 Å². The minimum atomic E-state index is -3.03. The second kappa shape index (κ2) is 8.44. The number of hydrogen-bond donors (Lipinski definition) is 0. The first-order valence-corrected chi connectivity index (χ1v) is 10.1. The van der Waals surface area contributed by atoms with E-state index in [0.717, 1.165) is 0 Å². The highest BCUT2D eigenvalue weighted by atomic mass is 32.7. The fraction of sp³-hybridized carbons (Fsp3) is 0.500. The average molecular weight is 333 g/mol. The molecule has 0 aliphatic carbocycles. The molecule has 21 heavy (non-hydrogen) atoms. The Hall–Kier alpha value is -1.00. The van der Waals surface area contributed by atoms with E-state index in [2.05, 4.69) is 5.16 Å². The fourth-order valence-electron chi connectivity index (χ4n) is 1.45. The van der Waals surface area contributed by atoms with Crippen molar-refractivity contribution in [3.8, 4) is 0 Å². The van der Waals surface area contributed by atoms with Gasteiger partial charge in [-0.1, -0.05) is 44.3 Å². The molecule has 0 aliphatic rings. The first-order chi connectivity index (χ1) is 9.94. The molecule has 1 atom stereocenters. The van der Waals surface area contributed by atoms with Crippen LogP contribution in [0.1, 0.15) is 33.3 Å². The second-order valence-corrected chi connectivity index (χ2v) is 9.87. The lowest BCUT2D eigenvalue weighted by atomic mass is 10.2. The van der Waals surface area contributed by atoms with Crippen LogP contribution in [0.2, 0.25) is 0 Å². The topological polar surface area (TPSA) is 47.9 Å². The van der Waals surface area contributed by atoms with E-state index in [0.29, 0.717) is 12.4 Å². The zero-order chi connectivity index (χ0) is 15.9. The van der Waals surface area contributed by atoms with Gasteiger partial charge < -0.3 is 9.36 Å². The number of hydrogen-bond acceptors (Lipinski definition) is 5. The Morgan fingerprint density at radius 2 is 2.05 bits per heavy atom. The van der Waals surface area contributed by atoms with E-state index in [9.17, 15) is 8.96 Å². The quantitative estimate of drug-likeness (QED) is 0.308. The zero-order valence-corrected chi connectivity index (χ0v) is 14.4. The molecule has 0 aromatic heterocycles. The molecule has 118 valence electrons. The van der Waals surface area contributed by atoms with Gasteiger partial charge in [0.25, 0.3) is 5.90 Å². The van der Waals surface area contributed by atoms with Gasteiger partial charge in [-0.2, -0.15) is 0 Å². The Morgan fingerprint density at radius 3 is 2.57 bits per heavy atom. The van der Waals surface area contributed by atoms with Crippen LogP contribution in [0.4, 0.5) is 4.39 Å². The predicted octanol–water partition coefficient (Wildman–Crippen LogP) is 4.90. The van der Waals surface area contributed by atoms with E-state index < -0.39 is 12.4 Å². The molecule has 7 heteroatoms. The van der Waals surface area contributed by atoms with Crippen LogP contribution in [0.3, 0.4) is 0 Å². The molecule has 1 rings (SSSR count). The first kappa shape index (κ1) is 18.1. The Kier molecular flexibility index (Phi) is 7.26. The third-order valence-corrected chi connectivity index (χ3v) is 8.19. The molecule has 0 amide bonds. The minimum Gasteiger partial charge on any atom is -0.414 e. The number of rotatable bonds is 7. The molecule has 0 saturated heterocycles. The summed E-state index contributed by atoms with van der Waals surface area (Å²) in [5.41, 5.74) is -0.0652. The van der Waals surface area contributed by atoms with Gasteiger partial charge in [-0.3, -0.25) is 4.57 Å².